The molecule has 1 amide bonds. The van der Waals surface area contributed by atoms with Crippen LogP contribution in [0.2, 0.25) is 0 Å². The lowest BCUT2D eigenvalue weighted by atomic mass is 10.1. The molecule has 0 unspecified atom stereocenters. The summed E-state index contributed by atoms with van der Waals surface area (Å²) in [6, 6.07) is 8.12. The monoisotopic (exact) mass is 523 g/mol. The Morgan fingerprint density at radius 1 is 1.13 bits per heavy atom. The maximum absolute atomic E-state index is 14.2. The lowest BCUT2D eigenvalue weighted by Crippen LogP contribution is -2.45. The molecule has 0 fully saturated rings. The molecule has 9 nitrogen and oxygen atoms in total. The number of H-pyrrole nitrogens is 1. The number of fused-ring (bicyclic) bond motifs is 3. The third kappa shape index (κ3) is 4.83. The van der Waals surface area contributed by atoms with Gasteiger partial charge in [0, 0.05) is 37.1 Å². The zero-order valence-electron chi connectivity index (χ0n) is 21.0. The molecule has 11 heteroatoms. The summed E-state index contributed by atoms with van der Waals surface area (Å²) in [6.45, 7) is 1.29. The number of nitrogens with zero attached hydrogens (tertiary/aromatic N) is 3. The zero-order valence-corrected chi connectivity index (χ0v) is 21.0. The molecule has 0 bridgehead atoms. The van der Waals surface area contributed by atoms with Crippen molar-refractivity contribution in [1.29, 1.82) is 0 Å². The molecule has 0 aliphatic carbocycles. The quantitative estimate of drug-likeness (QED) is 0.343. The molecule has 0 radical (unpaired) electrons. The number of benzene rings is 1. The van der Waals surface area contributed by atoms with Crippen LogP contribution in [0.4, 0.5) is 14.6 Å². The van der Waals surface area contributed by atoms with Crippen molar-refractivity contribution in [3.8, 4) is 11.1 Å². The van der Waals surface area contributed by atoms with Crippen LogP contribution >= 0.6 is 0 Å². The van der Waals surface area contributed by atoms with Gasteiger partial charge >= 0.3 is 0 Å². The summed E-state index contributed by atoms with van der Waals surface area (Å²) in [5, 5.41) is 0. The van der Waals surface area contributed by atoms with Gasteiger partial charge in [-0.25, -0.2) is 13.8 Å². The molecule has 3 aromatic heterocycles. The largest absolute Gasteiger partial charge is 0.383 e. The first kappa shape index (κ1) is 25.7. The van der Waals surface area contributed by atoms with Crippen molar-refractivity contribution in [2.45, 2.75) is 25.8 Å². The van der Waals surface area contributed by atoms with E-state index < -0.39 is 17.7 Å². The smallest absolute Gasteiger partial charge is 0.271 e. The summed E-state index contributed by atoms with van der Waals surface area (Å²) in [6.07, 6.45) is 1.39. The van der Waals surface area contributed by atoms with Gasteiger partial charge in [-0.1, -0.05) is 12.1 Å². The second-order valence-corrected chi connectivity index (χ2v) is 9.02. The van der Waals surface area contributed by atoms with Gasteiger partial charge in [0.25, 0.3) is 5.91 Å². The molecule has 0 saturated carbocycles. The van der Waals surface area contributed by atoms with E-state index in [0.717, 1.165) is 11.1 Å². The predicted molar refractivity (Wildman–Crippen MR) is 136 cm³/mol. The fourth-order valence-electron chi connectivity index (χ4n) is 4.70. The number of hydrogen-bond acceptors (Lipinski definition) is 7. The number of anilines is 1. The Balaban J connectivity index is 1.48. The minimum absolute atomic E-state index is 0.0996. The number of ether oxygens (including phenoxy) is 3. The van der Waals surface area contributed by atoms with Gasteiger partial charge in [-0.3, -0.25) is 9.78 Å². The van der Waals surface area contributed by atoms with E-state index in [-0.39, 0.29) is 31.2 Å². The number of nitrogens with two attached hydrogens (primary N) is 1. The maximum Gasteiger partial charge on any atom is 0.271 e. The molecule has 0 saturated heterocycles. The van der Waals surface area contributed by atoms with E-state index in [1.54, 1.807) is 37.3 Å². The van der Waals surface area contributed by atoms with Crippen molar-refractivity contribution in [1.82, 2.24) is 19.9 Å². The molecule has 1 aliphatic heterocycles. The summed E-state index contributed by atoms with van der Waals surface area (Å²) >= 11 is 0. The summed E-state index contributed by atoms with van der Waals surface area (Å²) in [4.78, 5) is 27.5. The molecule has 0 atom stereocenters. The van der Waals surface area contributed by atoms with Crippen LogP contribution in [0.3, 0.4) is 0 Å². The Labute approximate surface area is 217 Å². The first-order valence-electron chi connectivity index (χ1n) is 12.0. The van der Waals surface area contributed by atoms with Crippen molar-refractivity contribution in [3.63, 3.8) is 0 Å². The number of nitrogens with one attached hydrogen (secondary N) is 1. The van der Waals surface area contributed by atoms with Crippen LogP contribution in [0.5, 0.6) is 0 Å². The van der Waals surface area contributed by atoms with Gasteiger partial charge in [0.2, 0.25) is 0 Å². The average molecular weight is 524 g/mol. The van der Waals surface area contributed by atoms with Gasteiger partial charge in [-0.15, -0.1) is 0 Å². The number of carbonyl (C=O) groups is 1. The number of amides is 1. The maximum atomic E-state index is 14.2. The van der Waals surface area contributed by atoms with E-state index in [0.29, 0.717) is 47.0 Å². The SMILES string of the molecule is COCC(COC)N(Cc1ccc(-c2c(F)cccc2F)cn1)C(=O)c1cc2nc(N)c3c(c2[nH]1)COC3. The molecule has 0 spiro atoms. The number of aromatic amines is 1. The van der Waals surface area contributed by atoms with Crippen LogP contribution in [-0.2, 0) is 34.0 Å². The van der Waals surface area contributed by atoms with Crippen LogP contribution < -0.4 is 5.73 Å². The molecule has 1 aliphatic rings. The highest BCUT2D eigenvalue weighted by molar-refractivity contribution is 5.98. The van der Waals surface area contributed by atoms with E-state index in [1.807, 2.05) is 0 Å². The normalized spacial score (nSPS) is 12.9. The van der Waals surface area contributed by atoms with E-state index in [9.17, 15) is 13.6 Å². The lowest BCUT2D eigenvalue weighted by Gasteiger charge is -2.30. The fraction of sp³-hybridized carbons (Fsp3) is 0.296. The predicted octanol–water partition coefficient (Wildman–Crippen LogP) is 3.82. The second-order valence-electron chi connectivity index (χ2n) is 9.02. The van der Waals surface area contributed by atoms with Crippen molar-refractivity contribution >= 4 is 22.8 Å². The van der Waals surface area contributed by atoms with Gasteiger partial charge in [0.15, 0.2) is 0 Å². The molecule has 4 aromatic rings. The lowest BCUT2D eigenvalue weighted by molar-refractivity contribution is 0.0252. The zero-order chi connectivity index (χ0) is 26.8. The third-order valence-electron chi connectivity index (χ3n) is 6.56. The molecular formula is C27H27F2N5O4. The number of rotatable bonds is 9. The molecule has 38 heavy (non-hydrogen) atoms. The molecular weight excluding hydrogens is 496 g/mol. The highest BCUT2D eigenvalue weighted by Gasteiger charge is 2.29. The number of carbonyl (C=O) groups excluding carboxylic acids is 1. The van der Waals surface area contributed by atoms with Crippen LogP contribution in [-0.4, -0.2) is 59.2 Å². The summed E-state index contributed by atoms with van der Waals surface area (Å²) in [5.41, 5.74) is 10.1. The Kier molecular flexibility index (Phi) is 7.32. The van der Waals surface area contributed by atoms with Crippen molar-refractivity contribution in [2.24, 2.45) is 0 Å². The summed E-state index contributed by atoms with van der Waals surface area (Å²) in [5.74, 6) is -1.30. The van der Waals surface area contributed by atoms with Crippen molar-refractivity contribution in [3.05, 3.63) is 76.7 Å². The van der Waals surface area contributed by atoms with E-state index in [1.165, 1.54) is 24.4 Å². The van der Waals surface area contributed by atoms with Crippen LogP contribution in [0, 0.1) is 11.6 Å². The number of aromatic nitrogens is 3. The minimum Gasteiger partial charge on any atom is -0.383 e. The first-order chi connectivity index (χ1) is 18.4. The van der Waals surface area contributed by atoms with Gasteiger partial charge in [0.05, 0.1) is 61.3 Å². The van der Waals surface area contributed by atoms with Crippen LogP contribution in [0.15, 0.2) is 42.6 Å². The van der Waals surface area contributed by atoms with Gasteiger partial charge in [0.1, 0.15) is 23.1 Å². The number of hydrogen-bond donors (Lipinski definition) is 2. The summed E-state index contributed by atoms with van der Waals surface area (Å²) < 4.78 is 44.7. The topological polar surface area (TPSA) is 116 Å². The van der Waals surface area contributed by atoms with Crippen molar-refractivity contribution < 1.29 is 27.8 Å². The second kappa shape index (κ2) is 10.8. The highest BCUT2D eigenvalue weighted by Crippen LogP contribution is 2.31. The number of pyridine rings is 2. The number of halogens is 2. The average Bonchev–Trinajstić information content (AvgIpc) is 3.55. The van der Waals surface area contributed by atoms with Gasteiger partial charge < -0.3 is 29.8 Å². The van der Waals surface area contributed by atoms with E-state index in [4.69, 9.17) is 19.9 Å². The highest BCUT2D eigenvalue weighted by atomic mass is 19.1. The Morgan fingerprint density at radius 3 is 2.50 bits per heavy atom. The van der Waals surface area contributed by atoms with Crippen LogP contribution in [0.25, 0.3) is 22.2 Å². The van der Waals surface area contributed by atoms with E-state index in [2.05, 4.69) is 15.0 Å². The standard InChI is InChI=1S/C27H27F2N5O4/c1-36-11-17(12-37-2)34(10-16-7-6-15(9-31-16)24-20(28)4-3-5-21(24)29)27(35)23-8-22-25(32-23)18-13-38-14-19(18)26(30)33-22/h3-9,17,32H,10-14H2,1-2H3,(H2,30,33). The Hall–Kier alpha value is -3.93. The van der Waals surface area contributed by atoms with Crippen LogP contribution in [0.1, 0.15) is 27.3 Å². The molecule has 198 valence electrons. The molecule has 1 aromatic carbocycles. The molecule has 4 heterocycles. The molecule has 5 rings (SSSR count). The van der Waals surface area contributed by atoms with Crippen molar-refractivity contribution in [2.75, 3.05) is 33.2 Å². The minimum atomic E-state index is -0.679. The summed E-state index contributed by atoms with van der Waals surface area (Å²) in [7, 11) is 3.08. The fourth-order valence-corrected chi connectivity index (χ4v) is 4.70. The Bertz CT molecular complexity index is 1450. The van der Waals surface area contributed by atoms with Gasteiger partial charge in [-0.2, -0.15) is 0 Å². The van der Waals surface area contributed by atoms with Gasteiger partial charge in [-0.05, 0) is 24.3 Å². The third-order valence-corrected chi connectivity index (χ3v) is 6.56. The number of nitrogen functional groups attached to an aromatic ring is 1. The Morgan fingerprint density at radius 2 is 1.84 bits per heavy atom. The van der Waals surface area contributed by atoms with E-state index >= 15 is 0 Å². The molecule has 3 N–H and O–H groups in total. The number of methoxy groups -OCH3 is 2. The first-order valence-corrected chi connectivity index (χ1v) is 12.0.